The van der Waals surface area contributed by atoms with E-state index in [2.05, 4.69) is 13.8 Å². The second kappa shape index (κ2) is 7.45. The summed E-state index contributed by atoms with van der Waals surface area (Å²) in [6.07, 6.45) is 1.28. The summed E-state index contributed by atoms with van der Waals surface area (Å²) in [7, 11) is 0. The summed E-state index contributed by atoms with van der Waals surface area (Å²) in [4.78, 5) is 25.1. The van der Waals surface area contributed by atoms with Crippen molar-refractivity contribution in [3.8, 4) is 0 Å². The Morgan fingerprint density at radius 3 is 2.63 bits per heavy atom. The third kappa shape index (κ3) is 4.80. The maximum atomic E-state index is 12.3. The van der Waals surface area contributed by atoms with E-state index in [-0.39, 0.29) is 18.4 Å². The van der Waals surface area contributed by atoms with Gasteiger partial charge in [-0.05, 0) is 24.8 Å². The zero-order valence-corrected chi connectivity index (χ0v) is 11.8. The van der Waals surface area contributed by atoms with Gasteiger partial charge < -0.3 is 21.1 Å². The first-order valence-electron chi connectivity index (χ1n) is 6.82. The number of rotatable bonds is 6. The first-order chi connectivity index (χ1) is 8.95. The van der Waals surface area contributed by atoms with Gasteiger partial charge in [-0.25, -0.2) is 0 Å². The number of morpholine rings is 1. The molecule has 6 heteroatoms. The largest absolute Gasteiger partial charge is 0.377 e. The monoisotopic (exact) mass is 271 g/mol. The van der Waals surface area contributed by atoms with Crippen molar-refractivity contribution in [3.05, 3.63) is 0 Å². The summed E-state index contributed by atoms with van der Waals surface area (Å²) < 4.78 is 5.20. The zero-order valence-electron chi connectivity index (χ0n) is 11.8. The van der Waals surface area contributed by atoms with Gasteiger partial charge in [0.25, 0.3) is 0 Å². The van der Waals surface area contributed by atoms with Crippen LogP contribution >= 0.6 is 0 Å². The number of hydrogen-bond donors (Lipinski definition) is 2. The Kier molecular flexibility index (Phi) is 6.24. The van der Waals surface area contributed by atoms with Crippen LogP contribution in [-0.2, 0) is 14.3 Å². The molecule has 19 heavy (non-hydrogen) atoms. The Morgan fingerprint density at radius 1 is 1.42 bits per heavy atom. The van der Waals surface area contributed by atoms with E-state index in [0.29, 0.717) is 32.0 Å². The lowest BCUT2D eigenvalue weighted by Gasteiger charge is -2.34. The fourth-order valence-corrected chi connectivity index (χ4v) is 2.43. The van der Waals surface area contributed by atoms with Gasteiger partial charge in [0.15, 0.2) is 0 Å². The number of hydrogen-bond acceptors (Lipinski definition) is 4. The van der Waals surface area contributed by atoms with Gasteiger partial charge in [-0.15, -0.1) is 0 Å². The molecule has 0 saturated carbocycles. The maximum Gasteiger partial charge on any atom is 0.242 e. The zero-order chi connectivity index (χ0) is 14.4. The van der Waals surface area contributed by atoms with Crippen LogP contribution in [0.1, 0.15) is 26.7 Å². The molecule has 110 valence electrons. The van der Waals surface area contributed by atoms with E-state index in [9.17, 15) is 9.59 Å². The van der Waals surface area contributed by atoms with Crippen LogP contribution in [0.2, 0.25) is 0 Å². The second-order valence-electron chi connectivity index (χ2n) is 5.52. The molecule has 0 aromatic rings. The molecule has 1 aliphatic rings. The number of nitrogens with two attached hydrogens (primary N) is 2. The molecule has 6 nitrogen and oxygen atoms in total. The van der Waals surface area contributed by atoms with Crippen molar-refractivity contribution in [2.75, 3.05) is 26.3 Å². The molecule has 0 aromatic heterocycles. The summed E-state index contributed by atoms with van der Waals surface area (Å²) in [5.74, 6) is 0.0891. The van der Waals surface area contributed by atoms with Crippen LogP contribution < -0.4 is 11.5 Å². The van der Waals surface area contributed by atoms with E-state index >= 15 is 0 Å². The highest BCUT2D eigenvalue weighted by Crippen LogP contribution is 2.17. The van der Waals surface area contributed by atoms with Crippen LogP contribution in [-0.4, -0.2) is 49.1 Å². The number of nitrogens with zero attached hydrogens (tertiary/aromatic N) is 1. The van der Waals surface area contributed by atoms with Gasteiger partial charge in [0.2, 0.25) is 11.8 Å². The van der Waals surface area contributed by atoms with Crippen molar-refractivity contribution in [2.24, 2.45) is 23.3 Å². The molecule has 1 heterocycles. The predicted molar refractivity (Wildman–Crippen MR) is 72.1 cm³/mol. The number of primary amides is 1. The second-order valence-corrected chi connectivity index (χ2v) is 5.52. The fourth-order valence-electron chi connectivity index (χ4n) is 2.43. The highest BCUT2D eigenvalue weighted by molar-refractivity contribution is 5.87. The molecule has 0 aliphatic carbocycles. The number of ether oxygens (including phenoxy) is 1. The highest BCUT2D eigenvalue weighted by atomic mass is 16.5. The Morgan fingerprint density at radius 2 is 2.11 bits per heavy atom. The summed E-state index contributed by atoms with van der Waals surface area (Å²) in [6, 6.07) is -0.640. The van der Waals surface area contributed by atoms with E-state index < -0.39 is 11.9 Å². The average Bonchev–Trinajstić information content (AvgIpc) is 2.37. The summed E-state index contributed by atoms with van der Waals surface area (Å²) >= 11 is 0. The van der Waals surface area contributed by atoms with Crippen LogP contribution in [0.3, 0.4) is 0 Å². The van der Waals surface area contributed by atoms with Gasteiger partial charge in [0.05, 0.1) is 13.2 Å². The summed E-state index contributed by atoms with van der Waals surface area (Å²) in [5.41, 5.74) is 11.0. The van der Waals surface area contributed by atoms with Crippen LogP contribution in [0.25, 0.3) is 0 Å². The fraction of sp³-hybridized carbons (Fsp3) is 0.846. The molecular weight excluding hydrogens is 246 g/mol. The minimum atomic E-state index is -0.640. The molecule has 2 amide bonds. The molecule has 2 atom stereocenters. The third-order valence-corrected chi connectivity index (χ3v) is 3.38. The summed E-state index contributed by atoms with van der Waals surface area (Å²) in [5, 5.41) is 0. The van der Waals surface area contributed by atoms with Gasteiger partial charge in [0, 0.05) is 13.0 Å². The SMILES string of the molecule is CC(C)C[C@H](CN)CC(=O)N1CCOCC1C(N)=O. The minimum Gasteiger partial charge on any atom is -0.377 e. The molecule has 0 radical (unpaired) electrons. The van der Waals surface area contributed by atoms with Crippen molar-refractivity contribution < 1.29 is 14.3 Å². The van der Waals surface area contributed by atoms with E-state index in [4.69, 9.17) is 16.2 Å². The number of amides is 2. The van der Waals surface area contributed by atoms with Crippen molar-refractivity contribution in [3.63, 3.8) is 0 Å². The molecule has 1 fully saturated rings. The lowest BCUT2D eigenvalue weighted by Crippen LogP contribution is -2.55. The van der Waals surface area contributed by atoms with Crippen molar-refractivity contribution in [1.29, 1.82) is 0 Å². The lowest BCUT2D eigenvalue weighted by molar-refractivity contribution is -0.147. The lowest BCUT2D eigenvalue weighted by atomic mass is 9.93. The molecule has 1 unspecified atom stereocenters. The molecule has 4 N–H and O–H groups in total. The predicted octanol–water partition coefficient (Wildman–Crippen LogP) is -0.290. The highest BCUT2D eigenvalue weighted by Gasteiger charge is 2.32. The van der Waals surface area contributed by atoms with Crippen LogP contribution in [0.15, 0.2) is 0 Å². The molecule has 0 spiro atoms. The Labute approximate surface area is 114 Å². The first-order valence-corrected chi connectivity index (χ1v) is 6.82. The smallest absolute Gasteiger partial charge is 0.242 e. The van der Waals surface area contributed by atoms with E-state index in [0.717, 1.165) is 6.42 Å². The van der Waals surface area contributed by atoms with Gasteiger partial charge in [-0.2, -0.15) is 0 Å². The number of carbonyl (C=O) groups is 2. The van der Waals surface area contributed by atoms with Crippen LogP contribution in [0, 0.1) is 11.8 Å². The topological polar surface area (TPSA) is 98.7 Å². The Hall–Kier alpha value is -1.14. The van der Waals surface area contributed by atoms with Crippen molar-refractivity contribution in [1.82, 2.24) is 4.90 Å². The summed E-state index contributed by atoms with van der Waals surface area (Å²) in [6.45, 7) is 5.76. The Balaban J connectivity index is 2.61. The molecule has 0 bridgehead atoms. The van der Waals surface area contributed by atoms with Crippen molar-refractivity contribution in [2.45, 2.75) is 32.7 Å². The van der Waals surface area contributed by atoms with Gasteiger partial charge in [-0.3, -0.25) is 9.59 Å². The standard InChI is InChI=1S/C13H25N3O3/c1-9(2)5-10(7-14)6-12(17)16-3-4-19-8-11(16)13(15)18/h9-11H,3-8,14H2,1-2H3,(H2,15,18)/t10-,11?/m0/s1. The first kappa shape index (κ1) is 15.9. The van der Waals surface area contributed by atoms with Gasteiger partial charge in [-0.1, -0.05) is 13.8 Å². The molecular formula is C13H25N3O3. The van der Waals surface area contributed by atoms with E-state index in [1.807, 2.05) is 0 Å². The van der Waals surface area contributed by atoms with E-state index in [1.165, 1.54) is 4.90 Å². The quantitative estimate of drug-likeness (QED) is 0.693. The van der Waals surface area contributed by atoms with Gasteiger partial charge >= 0.3 is 0 Å². The third-order valence-electron chi connectivity index (χ3n) is 3.38. The van der Waals surface area contributed by atoms with Gasteiger partial charge in [0.1, 0.15) is 6.04 Å². The average molecular weight is 271 g/mol. The number of carbonyl (C=O) groups excluding carboxylic acids is 2. The molecule has 0 aromatic carbocycles. The van der Waals surface area contributed by atoms with Crippen molar-refractivity contribution >= 4 is 11.8 Å². The molecule has 1 rings (SSSR count). The molecule has 1 saturated heterocycles. The maximum absolute atomic E-state index is 12.3. The molecule has 1 aliphatic heterocycles. The van der Waals surface area contributed by atoms with Crippen LogP contribution in [0.5, 0.6) is 0 Å². The van der Waals surface area contributed by atoms with E-state index in [1.54, 1.807) is 0 Å². The van der Waals surface area contributed by atoms with Crippen LogP contribution in [0.4, 0.5) is 0 Å². The minimum absolute atomic E-state index is 0.0526. The Bertz CT molecular complexity index is 320. The normalized spacial score (nSPS) is 21.5.